The first kappa shape index (κ1) is 16.4. The highest BCUT2D eigenvalue weighted by Gasteiger charge is 2.30. The SMILES string of the molecule is N#CC(=Cc1ccc2c(c1)OCO2)c1nc2cc(C(F)(F)F)ccc2s1. The molecule has 0 saturated carbocycles. The van der Waals surface area contributed by atoms with Crippen LogP contribution < -0.4 is 9.47 Å². The molecule has 2 aromatic carbocycles. The van der Waals surface area contributed by atoms with Gasteiger partial charge < -0.3 is 9.47 Å². The summed E-state index contributed by atoms with van der Waals surface area (Å²) in [5.74, 6) is 1.20. The third-order valence-corrected chi connectivity index (χ3v) is 4.84. The zero-order valence-electron chi connectivity index (χ0n) is 13.0. The fourth-order valence-electron chi connectivity index (χ4n) is 2.53. The molecule has 2 heterocycles. The van der Waals surface area contributed by atoms with E-state index < -0.39 is 11.7 Å². The Hall–Kier alpha value is -3.05. The third kappa shape index (κ3) is 2.97. The van der Waals surface area contributed by atoms with Crippen LogP contribution in [0, 0.1) is 11.3 Å². The molecular formula is C18H9F3N2O2S. The van der Waals surface area contributed by atoms with Crippen LogP contribution >= 0.6 is 11.3 Å². The second-order valence-corrected chi connectivity index (χ2v) is 6.51. The van der Waals surface area contributed by atoms with Crippen molar-refractivity contribution in [1.82, 2.24) is 4.98 Å². The van der Waals surface area contributed by atoms with Gasteiger partial charge in [0.25, 0.3) is 0 Å². The normalized spacial score (nSPS) is 13.8. The maximum atomic E-state index is 12.8. The van der Waals surface area contributed by atoms with Crippen LogP contribution in [-0.4, -0.2) is 11.8 Å². The fourth-order valence-corrected chi connectivity index (χ4v) is 3.44. The number of halogens is 3. The van der Waals surface area contributed by atoms with Gasteiger partial charge in [-0.2, -0.15) is 18.4 Å². The lowest BCUT2D eigenvalue weighted by atomic mass is 10.1. The van der Waals surface area contributed by atoms with E-state index in [1.807, 2.05) is 0 Å². The first-order valence-electron chi connectivity index (χ1n) is 7.44. The van der Waals surface area contributed by atoms with Gasteiger partial charge in [0.2, 0.25) is 6.79 Å². The zero-order chi connectivity index (χ0) is 18.3. The lowest BCUT2D eigenvalue weighted by Crippen LogP contribution is -2.03. The Labute approximate surface area is 149 Å². The number of fused-ring (bicyclic) bond motifs is 2. The second kappa shape index (κ2) is 6.04. The summed E-state index contributed by atoms with van der Waals surface area (Å²) in [5.41, 5.74) is 0.423. The molecule has 0 amide bonds. The molecule has 0 spiro atoms. The molecule has 0 radical (unpaired) electrons. The van der Waals surface area contributed by atoms with E-state index in [4.69, 9.17) is 9.47 Å². The molecule has 1 aliphatic heterocycles. The molecule has 0 bridgehead atoms. The highest BCUT2D eigenvalue weighted by Crippen LogP contribution is 2.36. The van der Waals surface area contributed by atoms with Crippen molar-refractivity contribution in [1.29, 1.82) is 5.26 Å². The molecule has 8 heteroatoms. The summed E-state index contributed by atoms with van der Waals surface area (Å²) >= 11 is 1.17. The van der Waals surface area contributed by atoms with Gasteiger partial charge in [-0.3, -0.25) is 0 Å². The van der Waals surface area contributed by atoms with E-state index in [0.29, 0.717) is 26.8 Å². The number of hydrogen-bond acceptors (Lipinski definition) is 5. The van der Waals surface area contributed by atoms with Crippen molar-refractivity contribution in [3.63, 3.8) is 0 Å². The van der Waals surface area contributed by atoms with Crippen LogP contribution in [0.4, 0.5) is 13.2 Å². The van der Waals surface area contributed by atoms with Crippen LogP contribution in [0.5, 0.6) is 11.5 Å². The third-order valence-electron chi connectivity index (χ3n) is 3.77. The fraction of sp³-hybridized carbons (Fsp3) is 0.111. The summed E-state index contributed by atoms with van der Waals surface area (Å²) in [6, 6.07) is 10.7. The maximum absolute atomic E-state index is 12.8. The lowest BCUT2D eigenvalue weighted by Gasteiger charge is -2.04. The van der Waals surface area contributed by atoms with Crippen molar-refractivity contribution in [3.8, 4) is 17.6 Å². The largest absolute Gasteiger partial charge is 0.454 e. The number of allylic oxidation sites excluding steroid dienone is 1. The molecule has 0 saturated heterocycles. The maximum Gasteiger partial charge on any atom is 0.416 e. The molecular weight excluding hydrogens is 365 g/mol. The average Bonchev–Trinajstić information content (AvgIpc) is 3.23. The Bertz CT molecular complexity index is 1080. The molecule has 0 N–H and O–H groups in total. The highest BCUT2D eigenvalue weighted by atomic mass is 32.1. The minimum absolute atomic E-state index is 0.146. The van der Waals surface area contributed by atoms with Crippen LogP contribution in [0.1, 0.15) is 16.1 Å². The highest BCUT2D eigenvalue weighted by molar-refractivity contribution is 7.19. The van der Waals surface area contributed by atoms with E-state index in [0.717, 1.165) is 12.1 Å². The van der Waals surface area contributed by atoms with Crippen LogP contribution in [0.2, 0.25) is 0 Å². The predicted molar refractivity (Wildman–Crippen MR) is 90.7 cm³/mol. The number of nitriles is 1. The number of thiazole rings is 1. The molecule has 3 aromatic rings. The standard InChI is InChI=1S/C18H9F3N2O2S/c19-18(20,21)12-2-4-16-13(7-12)23-17(26-16)11(8-22)5-10-1-3-14-15(6-10)25-9-24-14/h1-7H,9H2. The van der Waals surface area contributed by atoms with Crippen molar-refractivity contribution >= 4 is 33.2 Å². The van der Waals surface area contributed by atoms with E-state index in [1.165, 1.54) is 17.4 Å². The first-order chi connectivity index (χ1) is 12.4. The van der Waals surface area contributed by atoms with Gasteiger partial charge in [0.15, 0.2) is 11.5 Å². The number of hydrogen-bond donors (Lipinski definition) is 0. The zero-order valence-corrected chi connectivity index (χ0v) is 13.8. The van der Waals surface area contributed by atoms with E-state index in [1.54, 1.807) is 24.3 Å². The summed E-state index contributed by atoms with van der Waals surface area (Å²) in [6.45, 7) is 0.146. The number of benzene rings is 2. The molecule has 0 fully saturated rings. The van der Waals surface area contributed by atoms with Crippen molar-refractivity contribution in [2.24, 2.45) is 0 Å². The number of aromatic nitrogens is 1. The number of ether oxygens (including phenoxy) is 2. The van der Waals surface area contributed by atoms with E-state index in [9.17, 15) is 18.4 Å². The molecule has 26 heavy (non-hydrogen) atoms. The second-order valence-electron chi connectivity index (χ2n) is 5.48. The molecule has 1 aromatic heterocycles. The minimum atomic E-state index is -4.43. The van der Waals surface area contributed by atoms with Crippen LogP contribution in [0.3, 0.4) is 0 Å². The van der Waals surface area contributed by atoms with Crippen LogP contribution in [0.25, 0.3) is 21.9 Å². The Balaban J connectivity index is 1.73. The predicted octanol–water partition coefficient (Wildman–Crippen LogP) is 5.11. The number of nitrogens with zero attached hydrogens (tertiary/aromatic N) is 2. The lowest BCUT2D eigenvalue weighted by molar-refractivity contribution is -0.137. The van der Waals surface area contributed by atoms with Crippen molar-refractivity contribution < 1.29 is 22.6 Å². The first-order valence-corrected chi connectivity index (χ1v) is 8.25. The summed E-state index contributed by atoms with van der Waals surface area (Å²) in [5, 5.41) is 9.82. The minimum Gasteiger partial charge on any atom is -0.454 e. The van der Waals surface area contributed by atoms with Crippen LogP contribution in [0.15, 0.2) is 36.4 Å². The summed E-state index contributed by atoms with van der Waals surface area (Å²) in [6.07, 6.45) is -2.82. The molecule has 4 rings (SSSR count). The molecule has 0 aliphatic carbocycles. The monoisotopic (exact) mass is 374 g/mol. The summed E-state index contributed by atoms with van der Waals surface area (Å²) in [7, 11) is 0. The Morgan fingerprint density at radius 3 is 2.73 bits per heavy atom. The van der Waals surface area contributed by atoms with Gasteiger partial charge in [-0.05, 0) is 42.0 Å². The van der Waals surface area contributed by atoms with Crippen molar-refractivity contribution in [2.45, 2.75) is 6.18 Å². The van der Waals surface area contributed by atoms with E-state index >= 15 is 0 Å². The molecule has 4 nitrogen and oxygen atoms in total. The molecule has 0 atom stereocenters. The van der Waals surface area contributed by atoms with Gasteiger partial charge in [0.1, 0.15) is 11.1 Å². The Morgan fingerprint density at radius 1 is 1.15 bits per heavy atom. The molecule has 130 valence electrons. The average molecular weight is 374 g/mol. The van der Waals surface area contributed by atoms with Gasteiger partial charge >= 0.3 is 6.18 Å². The van der Waals surface area contributed by atoms with E-state index in [2.05, 4.69) is 11.1 Å². The van der Waals surface area contributed by atoms with Crippen molar-refractivity contribution in [2.75, 3.05) is 6.79 Å². The van der Waals surface area contributed by atoms with Gasteiger partial charge in [-0.1, -0.05) is 6.07 Å². The van der Waals surface area contributed by atoms with Gasteiger partial charge in [-0.15, -0.1) is 11.3 Å². The molecule has 0 unspecified atom stereocenters. The number of rotatable bonds is 2. The summed E-state index contributed by atoms with van der Waals surface area (Å²) in [4.78, 5) is 4.20. The van der Waals surface area contributed by atoms with Gasteiger partial charge in [0.05, 0.1) is 21.4 Å². The number of alkyl halides is 3. The smallest absolute Gasteiger partial charge is 0.416 e. The topological polar surface area (TPSA) is 55.1 Å². The summed E-state index contributed by atoms with van der Waals surface area (Å²) < 4.78 is 49.6. The Kier molecular flexibility index (Phi) is 3.81. The van der Waals surface area contributed by atoms with Gasteiger partial charge in [0, 0.05) is 0 Å². The van der Waals surface area contributed by atoms with Crippen molar-refractivity contribution in [3.05, 3.63) is 52.5 Å². The molecule has 1 aliphatic rings. The van der Waals surface area contributed by atoms with Crippen LogP contribution in [-0.2, 0) is 6.18 Å². The van der Waals surface area contributed by atoms with E-state index in [-0.39, 0.29) is 17.9 Å². The quantitative estimate of drug-likeness (QED) is 0.585. The Morgan fingerprint density at radius 2 is 1.96 bits per heavy atom. The van der Waals surface area contributed by atoms with Gasteiger partial charge in [-0.25, -0.2) is 4.98 Å².